The predicted molar refractivity (Wildman–Crippen MR) is 60.8 cm³/mol. The summed E-state index contributed by atoms with van der Waals surface area (Å²) in [6.45, 7) is 0. The van der Waals surface area contributed by atoms with Gasteiger partial charge in [0, 0.05) is 17.6 Å². The van der Waals surface area contributed by atoms with E-state index in [1.807, 2.05) is 18.4 Å². The molecule has 0 fully saturated rings. The highest BCUT2D eigenvalue weighted by molar-refractivity contribution is 7.98. The number of carbonyl (C=O) groups is 2. The summed E-state index contributed by atoms with van der Waals surface area (Å²) in [6, 6.07) is 7.30. The normalized spacial score (nSPS) is 9.73. The van der Waals surface area contributed by atoms with E-state index in [0.717, 1.165) is 4.90 Å². The second kappa shape index (κ2) is 4.84. The fourth-order valence-corrected chi connectivity index (χ4v) is 1.50. The van der Waals surface area contributed by atoms with Gasteiger partial charge in [-0.15, -0.1) is 11.8 Å². The van der Waals surface area contributed by atoms with Crippen molar-refractivity contribution in [1.82, 2.24) is 0 Å². The van der Waals surface area contributed by atoms with E-state index in [-0.39, 0.29) is 0 Å². The maximum Gasteiger partial charge on any atom is 0.315 e. The summed E-state index contributed by atoms with van der Waals surface area (Å²) in [5.41, 5.74) is 5.55. The van der Waals surface area contributed by atoms with Crippen molar-refractivity contribution in [3.63, 3.8) is 0 Å². The number of hydrogen-bond acceptors (Lipinski definition) is 3. The Bertz CT molecular complexity index is 376. The second-order valence-electron chi connectivity index (χ2n) is 2.93. The van der Waals surface area contributed by atoms with Gasteiger partial charge in [0.1, 0.15) is 0 Å². The first-order valence-corrected chi connectivity index (χ1v) is 5.50. The number of hydrogen-bond donors (Lipinski definition) is 1. The molecule has 0 unspecified atom stereocenters. The molecule has 0 atom stereocenters. The molecule has 0 saturated carbocycles. The quantitative estimate of drug-likeness (QED) is 0.598. The maximum atomic E-state index is 11.2. The zero-order chi connectivity index (χ0) is 11.4. The Balaban J connectivity index is 2.87. The van der Waals surface area contributed by atoms with Crippen molar-refractivity contribution >= 4 is 29.3 Å². The topological polar surface area (TPSA) is 63.4 Å². The van der Waals surface area contributed by atoms with E-state index in [1.165, 1.54) is 11.9 Å². The Hall–Kier alpha value is -1.49. The summed E-state index contributed by atoms with van der Waals surface area (Å²) in [6.07, 6.45) is 1.97. The van der Waals surface area contributed by atoms with Crippen LogP contribution in [0.25, 0.3) is 0 Å². The van der Waals surface area contributed by atoms with Crippen molar-refractivity contribution in [2.45, 2.75) is 4.90 Å². The Morgan fingerprint density at radius 1 is 1.27 bits per heavy atom. The van der Waals surface area contributed by atoms with Gasteiger partial charge in [-0.1, -0.05) is 0 Å². The Kier molecular flexibility index (Phi) is 3.74. The van der Waals surface area contributed by atoms with Gasteiger partial charge < -0.3 is 10.6 Å². The van der Waals surface area contributed by atoms with Gasteiger partial charge in [0.05, 0.1) is 0 Å². The molecule has 0 radical (unpaired) electrons. The molecular weight excluding hydrogens is 212 g/mol. The van der Waals surface area contributed by atoms with Gasteiger partial charge >= 0.3 is 11.8 Å². The largest absolute Gasteiger partial charge is 0.361 e. The number of likely N-dealkylation sites (N-methyl/N-ethyl adjacent to an activating group) is 1. The van der Waals surface area contributed by atoms with Gasteiger partial charge in [-0.05, 0) is 30.5 Å². The molecule has 2 N–H and O–H groups in total. The molecular formula is C10H12N2O2S. The maximum absolute atomic E-state index is 11.2. The van der Waals surface area contributed by atoms with Gasteiger partial charge in [0.2, 0.25) is 0 Å². The van der Waals surface area contributed by atoms with Gasteiger partial charge in [-0.2, -0.15) is 0 Å². The minimum Gasteiger partial charge on any atom is -0.361 e. The third-order valence-electron chi connectivity index (χ3n) is 1.98. The van der Waals surface area contributed by atoms with Crippen molar-refractivity contribution in [2.24, 2.45) is 5.73 Å². The molecule has 0 spiro atoms. The standard InChI is InChI=1S/C10H12N2O2S/c1-12(10(14)9(11)13)7-3-5-8(15-2)6-4-7/h3-6H,1-2H3,(H2,11,13). The fourth-order valence-electron chi connectivity index (χ4n) is 1.09. The summed E-state index contributed by atoms with van der Waals surface area (Å²) >= 11 is 1.61. The van der Waals surface area contributed by atoms with E-state index in [4.69, 9.17) is 5.73 Å². The molecule has 1 aromatic carbocycles. The van der Waals surface area contributed by atoms with Crippen LogP contribution in [0.15, 0.2) is 29.2 Å². The first-order chi connectivity index (χ1) is 7.06. The number of nitrogens with zero attached hydrogens (tertiary/aromatic N) is 1. The minimum absolute atomic E-state index is 0.650. The summed E-state index contributed by atoms with van der Waals surface area (Å²) in [7, 11) is 1.52. The molecule has 0 heterocycles. The molecule has 1 aromatic rings. The van der Waals surface area contributed by atoms with Crippen molar-refractivity contribution in [3.05, 3.63) is 24.3 Å². The van der Waals surface area contributed by atoms with Crippen molar-refractivity contribution < 1.29 is 9.59 Å². The summed E-state index contributed by atoms with van der Waals surface area (Å²) < 4.78 is 0. The molecule has 80 valence electrons. The van der Waals surface area contributed by atoms with E-state index in [2.05, 4.69) is 0 Å². The van der Waals surface area contributed by atoms with Crippen LogP contribution >= 0.6 is 11.8 Å². The molecule has 0 aliphatic carbocycles. The highest BCUT2D eigenvalue weighted by Gasteiger charge is 2.15. The first kappa shape index (κ1) is 11.6. The third-order valence-corrected chi connectivity index (χ3v) is 2.72. The van der Waals surface area contributed by atoms with Crippen molar-refractivity contribution in [1.29, 1.82) is 0 Å². The van der Waals surface area contributed by atoms with Gasteiger partial charge in [0.25, 0.3) is 0 Å². The highest BCUT2D eigenvalue weighted by atomic mass is 32.2. The van der Waals surface area contributed by atoms with Crippen LogP contribution in [0.1, 0.15) is 0 Å². The fraction of sp³-hybridized carbons (Fsp3) is 0.200. The number of carbonyl (C=O) groups excluding carboxylic acids is 2. The minimum atomic E-state index is -0.952. The number of benzene rings is 1. The van der Waals surface area contributed by atoms with E-state index in [9.17, 15) is 9.59 Å². The van der Waals surface area contributed by atoms with Crippen LogP contribution in [0.2, 0.25) is 0 Å². The number of amides is 2. The number of rotatable bonds is 2. The van der Waals surface area contributed by atoms with Crippen molar-refractivity contribution in [3.8, 4) is 0 Å². The summed E-state index contributed by atoms with van der Waals surface area (Å²) in [5.74, 6) is -1.67. The monoisotopic (exact) mass is 224 g/mol. The lowest BCUT2D eigenvalue weighted by Crippen LogP contribution is -2.37. The zero-order valence-electron chi connectivity index (χ0n) is 8.56. The van der Waals surface area contributed by atoms with E-state index in [1.54, 1.807) is 23.9 Å². The average Bonchev–Trinajstić information content (AvgIpc) is 2.27. The number of primary amides is 1. The van der Waals surface area contributed by atoms with Gasteiger partial charge in [0.15, 0.2) is 0 Å². The predicted octanol–water partition coefficient (Wildman–Crippen LogP) is 0.857. The lowest BCUT2D eigenvalue weighted by Gasteiger charge is -2.15. The molecule has 0 bridgehead atoms. The van der Waals surface area contributed by atoms with Crippen LogP contribution in [0.5, 0.6) is 0 Å². The van der Waals surface area contributed by atoms with E-state index in [0.29, 0.717) is 5.69 Å². The van der Waals surface area contributed by atoms with Gasteiger partial charge in [-0.3, -0.25) is 9.59 Å². The smallest absolute Gasteiger partial charge is 0.315 e. The third kappa shape index (κ3) is 2.73. The molecule has 0 aliphatic heterocycles. The number of thioether (sulfide) groups is 1. The first-order valence-electron chi connectivity index (χ1n) is 4.28. The Labute approximate surface area is 92.4 Å². The summed E-state index contributed by atoms with van der Waals surface area (Å²) in [5, 5.41) is 0. The van der Waals surface area contributed by atoms with Crippen LogP contribution in [0.4, 0.5) is 5.69 Å². The summed E-state index contributed by atoms with van der Waals surface area (Å²) in [4.78, 5) is 24.2. The van der Waals surface area contributed by atoms with Crippen LogP contribution in [-0.4, -0.2) is 25.1 Å². The van der Waals surface area contributed by atoms with Crippen molar-refractivity contribution in [2.75, 3.05) is 18.2 Å². The van der Waals surface area contributed by atoms with Crippen LogP contribution in [0, 0.1) is 0 Å². The molecule has 4 nitrogen and oxygen atoms in total. The van der Waals surface area contributed by atoms with Crippen LogP contribution in [-0.2, 0) is 9.59 Å². The molecule has 15 heavy (non-hydrogen) atoms. The zero-order valence-corrected chi connectivity index (χ0v) is 9.38. The van der Waals surface area contributed by atoms with E-state index >= 15 is 0 Å². The molecule has 0 saturated heterocycles. The van der Waals surface area contributed by atoms with Gasteiger partial charge in [-0.25, -0.2) is 0 Å². The second-order valence-corrected chi connectivity index (χ2v) is 3.81. The number of nitrogens with two attached hydrogens (primary N) is 1. The van der Waals surface area contributed by atoms with E-state index < -0.39 is 11.8 Å². The SMILES string of the molecule is CSc1ccc(N(C)C(=O)C(N)=O)cc1. The lowest BCUT2D eigenvalue weighted by molar-refractivity contribution is -0.135. The Morgan fingerprint density at radius 3 is 2.20 bits per heavy atom. The average molecular weight is 224 g/mol. The molecule has 0 aromatic heterocycles. The molecule has 5 heteroatoms. The molecule has 2 amide bonds. The highest BCUT2D eigenvalue weighted by Crippen LogP contribution is 2.19. The van der Waals surface area contributed by atoms with Crippen LogP contribution < -0.4 is 10.6 Å². The molecule has 0 aliphatic rings. The van der Waals surface area contributed by atoms with Crippen LogP contribution in [0.3, 0.4) is 0 Å². The number of anilines is 1. The Morgan fingerprint density at radius 2 is 1.80 bits per heavy atom. The lowest BCUT2D eigenvalue weighted by atomic mass is 10.3. The molecule has 1 rings (SSSR count).